The van der Waals surface area contributed by atoms with E-state index in [1.54, 1.807) is 12.1 Å². The first kappa shape index (κ1) is 22.0. The average molecular weight is 441 g/mol. The number of carboxylic acid groups (broad SMARTS) is 1. The Labute approximate surface area is 191 Å². The number of hydrogen-bond donors (Lipinski definition) is 3. The van der Waals surface area contributed by atoms with Crippen molar-refractivity contribution in [3.8, 4) is 12.3 Å². The molecule has 1 aromatic heterocycles. The van der Waals surface area contributed by atoms with Gasteiger partial charge >= 0.3 is 5.97 Å². The molecule has 2 aromatic carbocycles. The highest BCUT2D eigenvalue weighted by Crippen LogP contribution is 2.26. The Hall–Kier alpha value is -4.22. The molecule has 3 aromatic rings. The molecule has 8 nitrogen and oxygen atoms in total. The molecule has 0 atom stereocenters. The summed E-state index contributed by atoms with van der Waals surface area (Å²) < 4.78 is 0. The Morgan fingerprint density at radius 3 is 2.70 bits per heavy atom. The number of anilines is 3. The molecular weight excluding hydrogens is 418 g/mol. The Balaban J connectivity index is 1.47. The van der Waals surface area contributed by atoms with Gasteiger partial charge in [0.2, 0.25) is 5.91 Å². The molecule has 0 unspecified atom stereocenters. The molecule has 1 aliphatic heterocycles. The molecule has 33 heavy (non-hydrogen) atoms. The lowest BCUT2D eigenvalue weighted by molar-refractivity contribution is -0.138. The van der Waals surface area contributed by atoms with E-state index in [4.69, 9.17) is 11.5 Å². The van der Waals surface area contributed by atoms with Gasteiger partial charge in [-0.25, -0.2) is 9.97 Å². The first-order valence-electron chi connectivity index (χ1n) is 10.5. The van der Waals surface area contributed by atoms with Crippen molar-refractivity contribution in [2.45, 2.75) is 12.8 Å². The average Bonchev–Trinajstić information content (AvgIpc) is 2.80. The molecule has 3 N–H and O–H groups in total. The van der Waals surface area contributed by atoms with Crippen LogP contribution in [0.15, 0.2) is 60.4 Å². The molecule has 0 saturated carbocycles. The molecule has 166 valence electrons. The van der Waals surface area contributed by atoms with Crippen LogP contribution in [-0.2, 0) is 9.59 Å². The number of nitrogens with zero attached hydrogens (tertiary/aromatic N) is 3. The maximum atomic E-state index is 12.6. The molecule has 0 aliphatic carbocycles. The van der Waals surface area contributed by atoms with E-state index in [1.807, 2.05) is 41.3 Å². The van der Waals surface area contributed by atoms with Gasteiger partial charge in [0.1, 0.15) is 12.1 Å². The number of carboxylic acids is 1. The second-order valence-electron chi connectivity index (χ2n) is 7.77. The zero-order valence-corrected chi connectivity index (χ0v) is 17.9. The molecule has 4 rings (SSSR count). The molecule has 0 radical (unpaired) electrons. The Bertz CT molecular complexity index is 1270. The molecule has 1 amide bonds. The predicted molar refractivity (Wildman–Crippen MR) is 127 cm³/mol. The third-order valence-corrected chi connectivity index (χ3v) is 5.39. The number of carbonyl (C=O) groups is 2. The standard InChI is InChI=1S/C25H23N5O3/c1-2-17-4-3-5-19(12-17)29-25-21-14-20(6-7-22(21)26-16-27-25)28-23(31)13-18-8-10-30(11-9-18)15-24(32)33/h1,3-7,12-14,16H,8-11,15H2,(H,28,31)(H,32,33)(H,26,27,29). The number of benzene rings is 2. The van der Waals surface area contributed by atoms with Crippen LogP contribution in [0.1, 0.15) is 18.4 Å². The largest absolute Gasteiger partial charge is 0.480 e. The number of rotatable bonds is 6. The zero-order valence-electron chi connectivity index (χ0n) is 17.9. The number of hydrogen-bond acceptors (Lipinski definition) is 6. The molecule has 0 bridgehead atoms. The topological polar surface area (TPSA) is 107 Å². The van der Waals surface area contributed by atoms with Gasteiger partial charge < -0.3 is 15.7 Å². The van der Waals surface area contributed by atoms with E-state index in [-0.39, 0.29) is 12.5 Å². The fraction of sp³-hybridized carbons (Fsp3) is 0.200. The van der Waals surface area contributed by atoms with E-state index >= 15 is 0 Å². The summed E-state index contributed by atoms with van der Waals surface area (Å²) in [7, 11) is 0. The molecule has 0 spiro atoms. The van der Waals surface area contributed by atoms with E-state index in [0.717, 1.165) is 27.7 Å². The fourth-order valence-corrected chi connectivity index (χ4v) is 3.76. The third-order valence-electron chi connectivity index (χ3n) is 5.39. The van der Waals surface area contributed by atoms with Crippen molar-refractivity contribution in [1.29, 1.82) is 0 Å². The maximum Gasteiger partial charge on any atom is 0.317 e. The van der Waals surface area contributed by atoms with Crippen LogP contribution in [0.25, 0.3) is 10.9 Å². The minimum absolute atomic E-state index is 0.0298. The molecule has 1 fully saturated rings. The summed E-state index contributed by atoms with van der Waals surface area (Å²) in [5, 5.41) is 15.8. The van der Waals surface area contributed by atoms with Crippen LogP contribution in [0.2, 0.25) is 0 Å². The molecule has 8 heteroatoms. The van der Waals surface area contributed by atoms with E-state index in [0.29, 0.717) is 37.4 Å². The predicted octanol–water partition coefficient (Wildman–Crippen LogP) is 3.40. The summed E-state index contributed by atoms with van der Waals surface area (Å²) in [5.74, 6) is 2.16. The Morgan fingerprint density at radius 2 is 1.94 bits per heavy atom. The second-order valence-corrected chi connectivity index (χ2v) is 7.77. The quantitative estimate of drug-likeness (QED) is 0.397. The van der Waals surface area contributed by atoms with Crippen LogP contribution in [-0.4, -0.2) is 51.5 Å². The lowest BCUT2D eigenvalue weighted by Crippen LogP contribution is -2.35. The van der Waals surface area contributed by atoms with Gasteiger partial charge in [-0.05, 0) is 49.2 Å². The minimum Gasteiger partial charge on any atom is -0.480 e. The number of terminal acetylenes is 1. The molecule has 1 aliphatic rings. The Kier molecular flexibility index (Phi) is 6.62. The van der Waals surface area contributed by atoms with E-state index in [9.17, 15) is 9.59 Å². The van der Waals surface area contributed by atoms with E-state index in [2.05, 4.69) is 26.5 Å². The van der Waals surface area contributed by atoms with Crippen molar-refractivity contribution in [2.24, 2.45) is 0 Å². The van der Waals surface area contributed by atoms with Crippen molar-refractivity contribution in [1.82, 2.24) is 14.9 Å². The number of aromatic nitrogens is 2. The highest BCUT2D eigenvalue weighted by molar-refractivity contribution is 6.02. The van der Waals surface area contributed by atoms with Crippen molar-refractivity contribution < 1.29 is 14.7 Å². The van der Waals surface area contributed by atoms with Crippen molar-refractivity contribution >= 4 is 40.0 Å². The maximum absolute atomic E-state index is 12.6. The fourth-order valence-electron chi connectivity index (χ4n) is 3.76. The van der Waals surface area contributed by atoms with E-state index in [1.165, 1.54) is 6.33 Å². The first-order chi connectivity index (χ1) is 16.0. The van der Waals surface area contributed by atoms with Crippen LogP contribution in [0.4, 0.5) is 17.2 Å². The number of fused-ring (bicyclic) bond motifs is 1. The summed E-state index contributed by atoms with van der Waals surface area (Å²) in [6.45, 7) is 1.30. The molecule has 2 heterocycles. The van der Waals surface area contributed by atoms with Crippen molar-refractivity contribution in [3.63, 3.8) is 0 Å². The second kappa shape index (κ2) is 9.94. The SMILES string of the molecule is C#Cc1cccc(Nc2ncnc3ccc(NC(=O)C=C4CCN(CC(=O)O)CC4)cc23)c1. The van der Waals surface area contributed by atoms with Gasteiger partial charge in [-0.2, -0.15) is 0 Å². The van der Waals surface area contributed by atoms with Crippen LogP contribution in [0, 0.1) is 12.3 Å². The lowest BCUT2D eigenvalue weighted by atomic mass is 10.0. The monoisotopic (exact) mass is 441 g/mol. The van der Waals surface area contributed by atoms with Crippen LogP contribution < -0.4 is 10.6 Å². The highest BCUT2D eigenvalue weighted by atomic mass is 16.4. The number of aliphatic carboxylic acids is 1. The van der Waals surface area contributed by atoms with Crippen LogP contribution >= 0.6 is 0 Å². The summed E-state index contributed by atoms with van der Waals surface area (Å²) in [5.41, 5.74) is 3.94. The van der Waals surface area contributed by atoms with Gasteiger partial charge in [-0.1, -0.05) is 17.6 Å². The number of carbonyl (C=O) groups excluding carboxylic acids is 1. The van der Waals surface area contributed by atoms with Gasteiger partial charge in [0.25, 0.3) is 0 Å². The van der Waals surface area contributed by atoms with Crippen LogP contribution in [0.5, 0.6) is 0 Å². The summed E-state index contributed by atoms with van der Waals surface area (Å²) in [6.07, 6.45) is 9.93. The van der Waals surface area contributed by atoms with Gasteiger partial charge in [-0.3, -0.25) is 14.5 Å². The van der Waals surface area contributed by atoms with Gasteiger partial charge in [0.15, 0.2) is 0 Å². The van der Waals surface area contributed by atoms with Crippen molar-refractivity contribution in [3.05, 3.63) is 66.0 Å². The van der Waals surface area contributed by atoms with Gasteiger partial charge in [0, 0.05) is 41.5 Å². The van der Waals surface area contributed by atoms with Gasteiger partial charge in [-0.15, -0.1) is 6.42 Å². The number of amides is 1. The minimum atomic E-state index is -0.835. The highest BCUT2D eigenvalue weighted by Gasteiger charge is 2.17. The van der Waals surface area contributed by atoms with Crippen molar-refractivity contribution in [2.75, 3.05) is 30.3 Å². The van der Waals surface area contributed by atoms with Crippen LogP contribution in [0.3, 0.4) is 0 Å². The summed E-state index contributed by atoms with van der Waals surface area (Å²) in [4.78, 5) is 33.9. The van der Waals surface area contributed by atoms with E-state index < -0.39 is 5.97 Å². The summed E-state index contributed by atoms with van der Waals surface area (Å²) in [6, 6.07) is 12.9. The lowest BCUT2D eigenvalue weighted by Gasteiger charge is -2.26. The number of piperidine rings is 1. The third kappa shape index (κ3) is 5.73. The Morgan fingerprint density at radius 1 is 1.12 bits per heavy atom. The smallest absolute Gasteiger partial charge is 0.317 e. The molecule has 1 saturated heterocycles. The normalized spacial score (nSPS) is 13.8. The van der Waals surface area contributed by atoms with Gasteiger partial charge in [0.05, 0.1) is 12.1 Å². The first-order valence-corrected chi connectivity index (χ1v) is 10.5. The zero-order chi connectivity index (χ0) is 23.2. The number of nitrogens with one attached hydrogen (secondary N) is 2. The molecular formula is C25H23N5O3. The summed E-state index contributed by atoms with van der Waals surface area (Å²) >= 11 is 0. The number of likely N-dealkylation sites (tertiary alicyclic amines) is 1.